The molecule has 152 valence electrons. The average molecular weight is 399 g/mol. The van der Waals surface area contributed by atoms with E-state index in [0.29, 0.717) is 5.88 Å². The van der Waals surface area contributed by atoms with E-state index in [9.17, 15) is 0 Å². The normalized spacial score (nSPS) is 12.0. The van der Waals surface area contributed by atoms with Gasteiger partial charge in [-0.3, -0.25) is 0 Å². The summed E-state index contributed by atoms with van der Waals surface area (Å²) in [5.41, 5.74) is 4.07. The van der Waals surface area contributed by atoms with Crippen LogP contribution in [0.2, 0.25) is 0 Å². The van der Waals surface area contributed by atoms with Gasteiger partial charge in [-0.25, -0.2) is 0 Å². The number of nitrogens with zero attached hydrogens (tertiary/aromatic N) is 2. The van der Waals surface area contributed by atoms with Gasteiger partial charge in [-0.2, -0.15) is 0 Å². The molecule has 1 aromatic heterocycles. The predicted octanol–water partition coefficient (Wildman–Crippen LogP) is 5.16. The van der Waals surface area contributed by atoms with Gasteiger partial charge in [0.15, 0.2) is 0 Å². The number of ether oxygens (including phenoxy) is 2. The summed E-state index contributed by atoms with van der Waals surface area (Å²) in [5, 5.41) is 14.5. The van der Waals surface area contributed by atoms with Crippen molar-refractivity contribution in [2.45, 2.75) is 19.5 Å². The minimum absolute atomic E-state index is 0.223. The Morgan fingerprint density at radius 2 is 1.67 bits per heavy atom. The molecule has 0 saturated carbocycles. The fraction of sp³-hybridized carbons (Fsp3) is 0.200. The van der Waals surface area contributed by atoms with Gasteiger partial charge in [0.2, 0.25) is 5.88 Å². The van der Waals surface area contributed by atoms with Crippen molar-refractivity contribution in [3.8, 4) is 22.9 Å². The van der Waals surface area contributed by atoms with E-state index >= 15 is 0 Å². The minimum atomic E-state index is 0.223. The van der Waals surface area contributed by atoms with E-state index in [1.807, 2.05) is 12.1 Å². The zero-order valence-electron chi connectivity index (χ0n) is 17.4. The summed E-state index contributed by atoms with van der Waals surface area (Å²) in [4.78, 5) is 0. The van der Waals surface area contributed by atoms with Gasteiger partial charge in [0.1, 0.15) is 5.75 Å². The lowest BCUT2D eigenvalue weighted by atomic mass is 10.0. The third-order valence-electron chi connectivity index (χ3n) is 5.27. The molecule has 1 heterocycles. The van der Waals surface area contributed by atoms with E-state index in [4.69, 9.17) is 9.47 Å². The second kappa shape index (κ2) is 8.93. The smallest absolute Gasteiger partial charge is 0.233 e. The van der Waals surface area contributed by atoms with E-state index < -0.39 is 0 Å². The molecule has 30 heavy (non-hydrogen) atoms. The maximum absolute atomic E-state index is 5.53. The first kappa shape index (κ1) is 19.9. The summed E-state index contributed by atoms with van der Waals surface area (Å²) in [6.07, 6.45) is 0. The van der Waals surface area contributed by atoms with Gasteiger partial charge in [0.25, 0.3) is 0 Å². The molecule has 0 radical (unpaired) electrons. The molecule has 0 aliphatic rings. The molecule has 0 fully saturated rings. The number of rotatable bonds is 7. The Morgan fingerprint density at radius 1 is 0.833 bits per heavy atom. The van der Waals surface area contributed by atoms with Crippen molar-refractivity contribution in [1.82, 2.24) is 15.5 Å². The monoisotopic (exact) mass is 399 g/mol. The van der Waals surface area contributed by atoms with Gasteiger partial charge in [-0.05, 0) is 53.1 Å². The number of benzene rings is 3. The van der Waals surface area contributed by atoms with Gasteiger partial charge >= 0.3 is 0 Å². The summed E-state index contributed by atoms with van der Waals surface area (Å²) in [6, 6.07) is 25.1. The molecule has 1 atom stereocenters. The van der Waals surface area contributed by atoms with Crippen LogP contribution in [-0.2, 0) is 6.54 Å². The first-order chi connectivity index (χ1) is 14.7. The van der Waals surface area contributed by atoms with Gasteiger partial charge in [0.05, 0.1) is 19.9 Å². The first-order valence-corrected chi connectivity index (χ1v) is 9.95. The van der Waals surface area contributed by atoms with Gasteiger partial charge in [-0.1, -0.05) is 42.5 Å². The zero-order chi connectivity index (χ0) is 20.9. The predicted molar refractivity (Wildman–Crippen MR) is 120 cm³/mol. The quantitative estimate of drug-likeness (QED) is 0.465. The van der Waals surface area contributed by atoms with Crippen LogP contribution in [0.3, 0.4) is 0 Å². The lowest BCUT2D eigenvalue weighted by Crippen LogP contribution is -2.18. The molecule has 0 spiro atoms. The highest BCUT2D eigenvalue weighted by molar-refractivity contribution is 5.83. The molecular formula is C25H25N3O2. The van der Waals surface area contributed by atoms with Crippen LogP contribution in [0.25, 0.3) is 22.0 Å². The third kappa shape index (κ3) is 4.26. The zero-order valence-corrected chi connectivity index (χ0v) is 17.4. The lowest BCUT2D eigenvalue weighted by Gasteiger charge is -2.16. The van der Waals surface area contributed by atoms with Crippen molar-refractivity contribution >= 4 is 10.8 Å². The highest BCUT2D eigenvalue weighted by atomic mass is 16.5. The van der Waals surface area contributed by atoms with Crippen molar-refractivity contribution in [3.63, 3.8) is 0 Å². The molecule has 4 aromatic rings. The largest absolute Gasteiger partial charge is 0.496 e. The first-order valence-electron chi connectivity index (χ1n) is 9.95. The van der Waals surface area contributed by atoms with Crippen LogP contribution in [-0.4, -0.2) is 24.4 Å². The van der Waals surface area contributed by atoms with E-state index in [0.717, 1.165) is 29.1 Å². The Balaban J connectivity index is 1.52. The Morgan fingerprint density at radius 3 is 2.40 bits per heavy atom. The molecule has 0 amide bonds. The molecule has 5 nitrogen and oxygen atoms in total. The van der Waals surface area contributed by atoms with Crippen LogP contribution >= 0.6 is 0 Å². The Bertz CT molecular complexity index is 1140. The van der Waals surface area contributed by atoms with E-state index in [-0.39, 0.29) is 6.04 Å². The van der Waals surface area contributed by atoms with E-state index in [1.54, 1.807) is 20.3 Å². The minimum Gasteiger partial charge on any atom is -0.496 e. The van der Waals surface area contributed by atoms with Crippen LogP contribution in [0, 0.1) is 0 Å². The summed E-state index contributed by atoms with van der Waals surface area (Å²) in [6.45, 7) is 2.91. The lowest BCUT2D eigenvalue weighted by molar-refractivity contribution is 0.392. The van der Waals surface area contributed by atoms with Crippen LogP contribution < -0.4 is 14.8 Å². The average Bonchev–Trinajstić information content (AvgIpc) is 2.82. The summed E-state index contributed by atoms with van der Waals surface area (Å²) in [7, 11) is 3.24. The Hall–Kier alpha value is -3.44. The third-order valence-corrected chi connectivity index (χ3v) is 5.27. The summed E-state index contributed by atoms with van der Waals surface area (Å²) in [5.74, 6) is 1.25. The number of hydrogen-bond acceptors (Lipinski definition) is 5. The SMILES string of the molecule is COc1ccc(-c2cc(CNC(C)c3ccc4ccccc4c3)ccc2OC)nn1. The number of fused-ring (bicyclic) bond motifs is 1. The van der Waals surface area contributed by atoms with Gasteiger partial charge < -0.3 is 14.8 Å². The van der Waals surface area contributed by atoms with Crippen LogP contribution in [0.15, 0.2) is 72.8 Å². The fourth-order valence-electron chi connectivity index (χ4n) is 3.50. The molecule has 0 saturated heterocycles. The van der Waals surface area contributed by atoms with Crippen LogP contribution in [0.4, 0.5) is 0 Å². The number of hydrogen-bond donors (Lipinski definition) is 1. The number of nitrogens with one attached hydrogen (secondary N) is 1. The van der Waals surface area contributed by atoms with Crippen molar-refractivity contribution in [1.29, 1.82) is 0 Å². The molecule has 3 aromatic carbocycles. The molecule has 4 rings (SSSR count). The van der Waals surface area contributed by atoms with E-state index in [1.165, 1.54) is 16.3 Å². The topological polar surface area (TPSA) is 56.3 Å². The van der Waals surface area contributed by atoms with Crippen molar-refractivity contribution in [3.05, 3.63) is 83.9 Å². The van der Waals surface area contributed by atoms with Gasteiger partial charge in [0, 0.05) is 24.2 Å². The molecule has 1 unspecified atom stereocenters. The van der Waals surface area contributed by atoms with Crippen LogP contribution in [0.5, 0.6) is 11.6 Å². The summed E-state index contributed by atoms with van der Waals surface area (Å²) < 4.78 is 10.6. The molecule has 0 aliphatic heterocycles. The molecule has 0 bridgehead atoms. The van der Waals surface area contributed by atoms with Crippen LogP contribution in [0.1, 0.15) is 24.1 Å². The molecular weight excluding hydrogens is 374 g/mol. The van der Waals surface area contributed by atoms with Gasteiger partial charge in [-0.15, -0.1) is 10.2 Å². The van der Waals surface area contributed by atoms with Crippen molar-refractivity contribution in [2.24, 2.45) is 0 Å². The highest BCUT2D eigenvalue weighted by Crippen LogP contribution is 2.30. The Kier molecular flexibility index (Phi) is 5.91. The Labute approximate surface area is 176 Å². The molecule has 5 heteroatoms. The maximum atomic E-state index is 5.53. The van der Waals surface area contributed by atoms with Crippen molar-refractivity contribution in [2.75, 3.05) is 14.2 Å². The number of methoxy groups -OCH3 is 2. The fourth-order valence-corrected chi connectivity index (χ4v) is 3.50. The molecule has 0 aliphatic carbocycles. The highest BCUT2D eigenvalue weighted by Gasteiger charge is 2.11. The second-order valence-corrected chi connectivity index (χ2v) is 7.20. The van der Waals surface area contributed by atoms with E-state index in [2.05, 4.69) is 77.0 Å². The van der Waals surface area contributed by atoms with Crippen molar-refractivity contribution < 1.29 is 9.47 Å². The maximum Gasteiger partial charge on any atom is 0.233 e. The molecule has 1 N–H and O–H groups in total. The summed E-state index contributed by atoms with van der Waals surface area (Å²) >= 11 is 0. The standard InChI is InChI=1S/C25H25N3O2/c1-17(20-10-9-19-6-4-5-7-21(19)15-20)26-16-18-8-12-24(29-2)22(14-18)23-11-13-25(30-3)28-27-23/h4-15,17,26H,16H2,1-3H3. The number of aromatic nitrogens is 2. The second-order valence-electron chi connectivity index (χ2n) is 7.20.